The minimum atomic E-state index is -0.508. The summed E-state index contributed by atoms with van der Waals surface area (Å²) in [5.41, 5.74) is -0.0951. The second-order valence-corrected chi connectivity index (χ2v) is 6.16. The Morgan fingerprint density at radius 3 is 2.87 bits per heavy atom. The SMILES string of the molecule is O=C(Cn1ccc(=O)c2cccc(F)c21)NCCc1cccs1. The molecule has 2 heterocycles. The van der Waals surface area contributed by atoms with Gasteiger partial charge in [0.2, 0.25) is 5.91 Å². The first-order valence-electron chi connectivity index (χ1n) is 7.22. The van der Waals surface area contributed by atoms with Crippen molar-refractivity contribution in [3.05, 3.63) is 68.9 Å². The van der Waals surface area contributed by atoms with Crippen molar-refractivity contribution in [2.24, 2.45) is 0 Å². The van der Waals surface area contributed by atoms with Gasteiger partial charge >= 0.3 is 0 Å². The zero-order valence-corrected chi connectivity index (χ0v) is 13.1. The molecule has 0 unspecified atom stereocenters. The van der Waals surface area contributed by atoms with Crippen LogP contribution in [0.2, 0.25) is 0 Å². The number of hydrogen-bond donors (Lipinski definition) is 1. The molecule has 0 radical (unpaired) electrons. The van der Waals surface area contributed by atoms with E-state index in [4.69, 9.17) is 0 Å². The predicted octanol–water partition coefficient (Wildman–Crippen LogP) is 2.56. The first kappa shape index (κ1) is 15.4. The number of fused-ring (bicyclic) bond motifs is 1. The number of benzene rings is 1. The third kappa shape index (κ3) is 3.48. The van der Waals surface area contributed by atoms with Gasteiger partial charge in [-0.3, -0.25) is 9.59 Å². The van der Waals surface area contributed by atoms with E-state index in [0.29, 0.717) is 6.54 Å². The summed E-state index contributed by atoms with van der Waals surface area (Å²) in [5, 5.41) is 5.08. The molecule has 0 aliphatic rings. The number of nitrogens with zero attached hydrogens (tertiary/aromatic N) is 1. The highest BCUT2D eigenvalue weighted by Crippen LogP contribution is 2.14. The van der Waals surface area contributed by atoms with Crippen LogP contribution in [0.3, 0.4) is 0 Å². The number of halogens is 1. The first-order valence-corrected chi connectivity index (χ1v) is 8.10. The van der Waals surface area contributed by atoms with Gasteiger partial charge < -0.3 is 9.88 Å². The van der Waals surface area contributed by atoms with Crippen molar-refractivity contribution in [3.63, 3.8) is 0 Å². The summed E-state index contributed by atoms with van der Waals surface area (Å²) in [4.78, 5) is 25.0. The Hall–Kier alpha value is -2.47. The first-order chi connectivity index (χ1) is 11.1. The van der Waals surface area contributed by atoms with E-state index in [1.807, 2.05) is 17.5 Å². The van der Waals surface area contributed by atoms with Crippen LogP contribution in [0.1, 0.15) is 4.88 Å². The molecule has 0 bridgehead atoms. The lowest BCUT2D eigenvalue weighted by Crippen LogP contribution is -2.29. The van der Waals surface area contributed by atoms with Gasteiger partial charge in [-0.15, -0.1) is 11.3 Å². The van der Waals surface area contributed by atoms with Crippen molar-refractivity contribution in [2.45, 2.75) is 13.0 Å². The highest BCUT2D eigenvalue weighted by Gasteiger charge is 2.10. The van der Waals surface area contributed by atoms with Crippen LogP contribution in [0.25, 0.3) is 10.9 Å². The van der Waals surface area contributed by atoms with Gasteiger partial charge in [0.1, 0.15) is 12.4 Å². The maximum absolute atomic E-state index is 14.0. The zero-order chi connectivity index (χ0) is 16.2. The number of carbonyl (C=O) groups excluding carboxylic acids is 1. The Labute approximate surface area is 136 Å². The fraction of sp³-hybridized carbons (Fsp3) is 0.176. The zero-order valence-electron chi connectivity index (χ0n) is 12.3. The van der Waals surface area contributed by atoms with Gasteiger partial charge in [0.05, 0.1) is 5.52 Å². The second-order valence-electron chi connectivity index (χ2n) is 5.12. The molecule has 0 atom stereocenters. The maximum Gasteiger partial charge on any atom is 0.239 e. The van der Waals surface area contributed by atoms with Crippen molar-refractivity contribution in [3.8, 4) is 0 Å². The fourth-order valence-corrected chi connectivity index (χ4v) is 3.16. The van der Waals surface area contributed by atoms with E-state index in [9.17, 15) is 14.0 Å². The molecule has 0 saturated heterocycles. The number of aromatic nitrogens is 1. The minimum Gasteiger partial charge on any atom is -0.354 e. The number of carbonyl (C=O) groups is 1. The molecule has 1 N–H and O–H groups in total. The van der Waals surface area contributed by atoms with Crippen LogP contribution in [-0.2, 0) is 17.8 Å². The largest absolute Gasteiger partial charge is 0.354 e. The number of amides is 1. The van der Waals surface area contributed by atoms with Gasteiger partial charge in [0.15, 0.2) is 5.43 Å². The summed E-state index contributed by atoms with van der Waals surface area (Å²) >= 11 is 1.64. The molecule has 0 aliphatic carbocycles. The molecule has 23 heavy (non-hydrogen) atoms. The highest BCUT2D eigenvalue weighted by molar-refractivity contribution is 7.09. The van der Waals surface area contributed by atoms with Gasteiger partial charge in [-0.25, -0.2) is 4.39 Å². The molecule has 1 aromatic carbocycles. The third-order valence-corrected chi connectivity index (χ3v) is 4.47. The lowest BCUT2D eigenvalue weighted by Gasteiger charge is -2.11. The Morgan fingerprint density at radius 1 is 1.22 bits per heavy atom. The molecule has 0 spiro atoms. The van der Waals surface area contributed by atoms with Gasteiger partial charge in [0, 0.05) is 29.1 Å². The van der Waals surface area contributed by atoms with E-state index in [1.165, 1.54) is 33.8 Å². The lowest BCUT2D eigenvalue weighted by molar-refractivity contribution is -0.121. The average molecular weight is 330 g/mol. The number of para-hydroxylation sites is 1. The van der Waals surface area contributed by atoms with Crippen LogP contribution >= 0.6 is 11.3 Å². The lowest BCUT2D eigenvalue weighted by atomic mass is 10.2. The Balaban J connectivity index is 1.72. The van der Waals surface area contributed by atoms with Crippen LogP contribution in [0.4, 0.5) is 4.39 Å². The number of pyridine rings is 1. The molecule has 118 valence electrons. The van der Waals surface area contributed by atoms with E-state index < -0.39 is 5.82 Å². The minimum absolute atomic E-state index is 0.0256. The van der Waals surface area contributed by atoms with Crippen molar-refractivity contribution >= 4 is 28.1 Å². The number of hydrogen-bond acceptors (Lipinski definition) is 3. The van der Waals surface area contributed by atoms with E-state index >= 15 is 0 Å². The summed E-state index contributed by atoms with van der Waals surface area (Å²) in [6, 6.07) is 9.67. The topological polar surface area (TPSA) is 51.1 Å². The molecular formula is C17H15FN2O2S. The van der Waals surface area contributed by atoms with E-state index in [-0.39, 0.29) is 28.8 Å². The molecule has 6 heteroatoms. The van der Waals surface area contributed by atoms with Crippen LogP contribution in [0, 0.1) is 5.82 Å². The van der Waals surface area contributed by atoms with Crippen LogP contribution in [0.15, 0.2) is 52.8 Å². The van der Waals surface area contributed by atoms with Crippen molar-refractivity contribution < 1.29 is 9.18 Å². The summed E-state index contributed by atoms with van der Waals surface area (Å²) in [5.74, 6) is -0.721. The highest BCUT2D eigenvalue weighted by atomic mass is 32.1. The molecule has 1 amide bonds. The van der Waals surface area contributed by atoms with E-state index in [0.717, 1.165) is 6.42 Å². The molecule has 2 aromatic heterocycles. The van der Waals surface area contributed by atoms with Gasteiger partial charge in [-0.2, -0.15) is 0 Å². The molecule has 0 saturated carbocycles. The maximum atomic E-state index is 14.0. The Morgan fingerprint density at radius 2 is 2.09 bits per heavy atom. The molecule has 3 rings (SSSR count). The summed E-state index contributed by atoms with van der Waals surface area (Å²) < 4.78 is 15.5. The van der Waals surface area contributed by atoms with E-state index in [1.54, 1.807) is 17.4 Å². The second kappa shape index (κ2) is 6.75. The van der Waals surface area contributed by atoms with Crippen LogP contribution in [0.5, 0.6) is 0 Å². The summed E-state index contributed by atoms with van der Waals surface area (Å²) in [6.07, 6.45) is 2.22. The van der Waals surface area contributed by atoms with Crippen molar-refractivity contribution in [1.29, 1.82) is 0 Å². The molecule has 4 nitrogen and oxygen atoms in total. The third-order valence-electron chi connectivity index (χ3n) is 3.53. The molecule has 0 fully saturated rings. The molecule has 0 aliphatic heterocycles. The van der Waals surface area contributed by atoms with Gasteiger partial charge in [-0.1, -0.05) is 12.1 Å². The van der Waals surface area contributed by atoms with Crippen LogP contribution < -0.4 is 10.7 Å². The van der Waals surface area contributed by atoms with Crippen molar-refractivity contribution in [2.75, 3.05) is 6.54 Å². The smallest absolute Gasteiger partial charge is 0.239 e. The number of thiophene rings is 1. The van der Waals surface area contributed by atoms with E-state index in [2.05, 4.69) is 5.32 Å². The summed E-state index contributed by atoms with van der Waals surface area (Å²) in [6.45, 7) is 0.502. The summed E-state index contributed by atoms with van der Waals surface area (Å²) in [7, 11) is 0. The average Bonchev–Trinajstić information content (AvgIpc) is 3.04. The fourth-order valence-electron chi connectivity index (χ4n) is 2.45. The predicted molar refractivity (Wildman–Crippen MR) is 89.2 cm³/mol. The molecular weight excluding hydrogens is 315 g/mol. The monoisotopic (exact) mass is 330 g/mol. The van der Waals surface area contributed by atoms with Gasteiger partial charge in [-0.05, 0) is 30.0 Å². The number of rotatable bonds is 5. The standard InChI is InChI=1S/C17H15FN2O2S/c18-14-5-1-4-13-15(21)7-9-20(17(13)14)11-16(22)19-8-6-12-3-2-10-23-12/h1-5,7,9-10H,6,8,11H2,(H,19,22). The van der Waals surface area contributed by atoms with Crippen LogP contribution in [-0.4, -0.2) is 17.0 Å². The quantitative estimate of drug-likeness (QED) is 0.782. The number of nitrogens with one attached hydrogen (secondary N) is 1. The Bertz CT molecular complexity index is 887. The normalized spacial score (nSPS) is 10.8. The molecule has 3 aromatic rings. The van der Waals surface area contributed by atoms with Crippen molar-refractivity contribution in [1.82, 2.24) is 9.88 Å². The van der Waals surface area contributed by atoms with Gasteiger partial charge in [0.25, 0.3) is 0 Å². The Kier molecular flexibility index (Phi) is 4.52.